The van der Waals surface area contributed by atoms with Crippen LogP contribution < -0.4 is 10.6 Å². The molecule has 0 aliphatic heterocycles. The summed E-state index contributed by atoms with van der Waals surface area (Å²) < 4.78 is 5.21. The molecule has 1 fully saturated rings. The predicted octanol–water partition coefficient (Wildman–Crippen LogP) is 2.41. The van der Waals surface area contributed by atoms with Crippen molar-refractivity contribution in [2.75, 3.05) is 0 Å². The van der Waals surface area contributed by atoms with Gasteiger partial charge in [-0.3, -0.25) is 14.6 Å². The van der Waals surface area contributed by atoms with Gasteiger partial charge in [0.25, 0.3) is 0 Å². The van der Waals surface area contributed by atoms with Gasteiger partial charge < -0.3 is 15.1 Å². The van der Waals surface area contributed by atoms with E-state index in [9.17, 15) is 9.59 Å². The van der Waals surface area contributed by atoms with E-state index in [-0.39, 0.29) is 23.7 Å². The Labute approximate surface area is 147 Å². The van der Waals surface area contributed by atoms with Crippen LogP contribution in [0.3, 0.4) is 0 Å². The molecular formula is C19H23N3O3. The highest BCUT2D eigenvalue weighted by Gasteiger charge is 2.29. The van der Waals surface area contributed by atoms with Crippen molar-refractivity contribution < 1.29 is 14.0 Å². The summed E-state index contributed by atoms with van der Waals surface area (Å²) in [5.41, 5.74) is 1.04. The quantitative estimate of drug-likeness (QED) is 0.845. The van der Waals surface area contributed by atoms with Crippen LogP contribution in [-0.4, -0.2) is 16.8 Å². The molecule has 2 amide bonds. The Kier molecular flexibility index (Phi) is 5.82. The molecule has 132 valence electrons. The van der Waals surface area contributed by atoms with Gasteiger partial charge in [-0.1, -0.05) is 0 Å². The van der Waals surface area contributed by atoms with E-state index < -0.39 is 0 Å². The molecule has 0 unspecified atom stereocenters. The summed E-state index contributed by atoms with van der Waals surface area (Å²) >= 11 is 0. The zero-order valence-electron chi connectivity index (χ0n) is 14.1. The molecule has 0 bridgehead atoms. The summed E-state index contributed by atoms with van der Waals surface area (Å²) in [5.74, 6) is 0.853. The Morgan fingerprint density at radius 2 is 1.56 bits per heavy atom. The standard InChI is InChI=1S/C19H23N3O3/c23-18(21-12-14-7-9-20-10-8-14)15-3-5-16(6-4-15)19(24)22-13-17-2-1-11-25-17/h1-2,7-11,15-16H,3-6,12-13H2,(H,21,23)(H,22,24). The van der Waals surface area contributed by atoms with Gasteiger partial charge in [0.2, 0.25) is 11.8 Å². The number of carbonyl (C=O) groups is 2. The number of amides is 2. The van der Waals surface area contributed by atoms with Gasteiger partial charge in [0.1, 0.15) is 5.76 Å². The Morgan fingerprint density at radius 3 is 2.12 bits per heavy atom. The molecule has 1 aliphatic carbocycles. The summed E-state index contributed by atoms with van der Waals surface area (Å²) in [6.07, 6.45) is 8.02. The van der Waals surface area contributed by atoms with Crippen LogP contribution in [0, 0.1) is 11.8 Å². The third-order valence-electron chi connectivity index (χ3n) is 4.70. The van der Waals surface area contributed by atoms with E-state index in [1.165, 1.54) is 0 Å². The van der Waals surface area contributed by atoms with E-state index in [0.29, 0.717) is 13.1 Å². The topological polar surface area (TPSA) is 84.2 Å². The lowest BCUT2D eigenvalue weighted by atomic mass is 9.81. The number of rotatable bonds is 6. The van der Waals surface area contributed by atoms with Gasteiger partial charge in [0, 0.05) is 30.8 Å². The molecule has 6 heteroatoms. The van der Waals surface area contributed by atoms with E-state index in [4.69, 9.17) is 4.42 Å². The number of nitrogens with one attached hydrogen (secondary N) is 2. The van der Waals surface area contributed by atoms with Gasteiger partial charge in [-0.05, 0) is 55.5 Å². The maximum atomic E-state index is 12.3. The fourth-order valence-electron chi connectivity index (χ4n) is 3.18. The van der Waals surface area contributed by atoms with Crippen LogP contribution in [0.5, 0.6) is 0 Å². The SMILES string of the molecule is O=C(NCc1ccncc1)C1CCC(C(=O)NCc2ccco2)CC1. The van der Waals surface area contributed by atoms with Crippen LogP contribution in [0.2, 0.25) is 0 Å². The number of hydrogen-bond donors (Lipinski definition) is 2. The molecule has 1 saturated carbocycles. The van der Waals surface area contributed by atoms with E-state index >= 15 is 0 Å². The van der Waals surface area contributed by atoms with E-state index in [1.54, 1.807) is 24.7 Å². The highest BCUT2D eigenvalue weighted by Crippen LogP contribution is 2.29. The number of aromatic nitrogens is 1. The van der Waals surface area contributed by atoms with Crippen LogP contribution in [-0.2, 0) is 22.7 Å². The molecule has 0 radical (unpaired) electrons. The monoisotopic (exact) mass is 341 g/mol. The average Bonchev–Trinajstić information content (AvgIpc) is 3.19. The molecule has 25 heavy (non-hydrogen) atoms. The number of carbonyl (C=O) groups excluding carboxylic acids is 2. The number of hydrogen-bond acceptors (Lipinski definition) is 4. The lowest BCUT2D eigenvalue weighted by molar-refractivity contribution is -0.130. The number of nitrogens with zero attached hydrogens (tertiary/aromatic N) is 1. The predicted molar refractivity (Wildman–Crippen MR) is 92.1 cm³/mol. The van der Waals surface area contributed by atoms with Crippen molar-refractivity contribution in [3.05, 3.63) is 54.2 Å². The lowest BCUT2D eigenvalue weighted by Crippen LogP contribution is -2.37. The maximum Gasteiger partial charge on any atom is 0.223 e. The van der Waals surface area contributed by atoms with Crippen LogP contribution >= 0.6 is 0 Å². The van der Waals surface area contributed by atoms with Gasteiger partial charge in [0.15, 0.2) is 0 Å². The first-order valence-corrected chi connectivity index (χ1v) is 8.69. The van der Waals surface area contributed by atoms with Crippen molar-refractivity contribution in [2.24, 2.45) is 11.8 Å². The van der Waals surface area contributed by atoms with Gasteiger partial charge in [-0.25, -0.2) is 0 Å². The van der Waals surface area contributed by atoms with Crippen molar-refractivity contribution in [1.82, 2.24) is 15.6 Å². The molecular weight excluding hydrogens is 318 g/mol. The van der Waals surface area contributed by atoms with E-state index in [2.05, 4.69) is 15.6 Å². The smallest absolute Gasteiger partial charge is 0.223 e. The molecule has 0 atom stereocenters. The van der Waals surface area contributed by atoms with Crippen molar-refractivity contribution in [3.8, 4) is 0 Å². The fourth-order valence-corrected chi connectivity index (χ4v) is 3.18. The van der Waals surface area contributed by atoms with Crippen molar-refractivity contribution in [2.45, 2.75) is 38.8 Å². The molecule has 3 rings (SSSR count). The summed E-state index contributed by atoms with van der Waals surface area (Å²) in [4.78, 5) is 28.5. The number of furan rings is 1. The molecule has 0 saturated heterocycles. The summed E-state index contributed by atoms with van der Waals surface area (Å²) in [5, 5.41) is 5.88. The Hall–Kier alpha value is -2.63. The first-order chi connectivity index (χ1) is 12.2. The molecule has 0 spiro atoms. The van der Waals surface area contributed by atoms with Crippen LogP contribution in [0.15, 0.2) is 47.3 Å². The van der Waals surface area contributed by atoms with Gasteiger partial charge >= 0.3 is 0 Å². The second kappa shape index (κ2) is 8.46. The maximum absolute atomic E-state index is 12.3. The Balaban J connectivity index is 1.38. The third-order valence-corrected chi connectivity index (χ3v) is 4.70. The Bertz CT molecular complexity index is 677. The third kappa shape index (κ3) is 4.92. The zero-order valence-corrected chi connectivity index (χ0v) is 14.1. The minimum atomic E-state index is -0.0146. The first-order valence-electron chi connectivity index (χ1n) is 8.69. The second-order valence-electron chi connectivity index (χ2n) is 6.42. The van der Waals surface area contributed by atoms with Crippen molar-refractivity contribution >= 4 is 11.8 Å². The number of pyridine rings is 1. The summed E-state index contributed by atoms with van der Waals surface area (Å²) in [6, 6.07) is 7.42. The molecule has 0 aromatic carbocycles. The highest BCUT2D eigenvalue weighted by atomic mass is 16.3. The van der Waals surface area contributed by atoms with Gasteiger partial charge in [-0.15, -0.1) is 0 Å². The van der Waals surface area contributed by atoms with Gasteiger partial charge in [-0.2, -0.15) is 0 Å². The lowest BCUT2D eigenvalue weighted by Gasteiger charge is -2.27. The molecule has 2 heterocycles. The van der Waals surface area contributed by atoms with Crippen LogP contribution in [0.25, 0.3) is 0 Å². The normalized spacial score (nSPS) is 20.0. The molecule has 1 aliphatic rings. The molecule has 2 N–H and O–H groups in total. The summed E-state index contributed by atoms with van der Waals surface area (Å²) in [6.45, 7) is 0.934. The largest absolute Gasteiger partial charge is 0.467 e. The van der Waals surface area contributed by atoms with Crippen molar-refractivity contribution in [1.29, 1.82) is 0 Å². The van der Waals surface area contributed by atoms with Crippen LogP contribution in [0.4, 0.5) is 0 Å². The minimum absolute atomic E-state index is 0.00374. The second-order valence-corrected chi connectivity index (χ2v) is 6.42. The van der Waals surface area contributed by atoms with Gasteiger partial charge in [0.05, 0.1) is 12.8 Å². The van der Waals surface area contributed by atoms with E-state index in [0.717, 1.165) is 37.0 Å². The summed E-state index contributed by atoms with van der Waals surface area (Å²) in [7, 11) is 0. The minimum Gasteiger partial charge on any atom is -0.467 e. The molecule has 2 aromatic heterocycles. The first kappa shape index (κ1) is 17.2. The highest BCUT2D eigenvalue weighted by molar-refractivity contribution is 5.81. The Morgan fingerprint density at radius 1 is 0.960 bits per heavy atom. The van der Waals surface area contributed by atoms with E-state index in [1.807, 2.05) is 18.2 Å². The van der Waals surface area contributed by atoms with Crippen molar-refractivity contribution in [3.63, 3.8) is 0 Å². The van der Waals surface area contributed by atoms with Crippen LogP contribution in [0.1, 0.15) is 37.0 Å². The zero-order chi connectivity index (χ0) is 17.5. The average molecular weight is 341 g/mol. The molecule has 6 nitrogen and oxygen atoms in total. The molecule has 2 aromatic rings. The fraction of sp³-hybridized carbons (Fsp3) is 0.421.